The molecule has 0 atom stereocenters. The molecule has 3 N–H and O–H groups in total. The number of aromatic hydroxyl groups is 1. The van der Waals surface area contributed by atoms with Gasteiger partial charge in [0, 0.05) is 11.1 Å². The van der Waals surface area contributed by atoms with E-state index in [2.05, 4.69) is 19.9 Å². The van der Waals surface area contributed by atoms with Crippen LogP contribution in [0.3, 0.4) is 0 Å². The van der Waals surface area contributed by atoms with E-state index >= 15 is 0 Å². The molecule has 0 spiro atoms. The predicted molar refractivity (Wildman–Crippen MR) is 63.8 cm³/mol. The molecule has 3 heteroatoms. The summed E-state index contributed by atoms with van der Waals surface area (Å²) in [5, 5.41) is 9.93. The molecule has 0 aliphatic heterocycles. The van der Waals surface area contributed by atoms with Crippen LogP contribution < -0.4 is 10.5 Å². The summed E-state index contributed by atoms with van der Waals surface area (Å²) in [5.74, 6) is 1.10. The van der Waals surface area contributed by atoms with Crippen molar-refractivity contribution < 1.29 is 9.84 Å². The van der Waals surface area contributed by atoms with Crippen molar-refractivity contribution in [1.82, 2.24) is 0 Å². The second-order valence-corrected chi connectivity index (χ2v) is 4.93. The van der Waals surface area contributed by atoms with Crippen LogP contribution in [-0.4, -0.2) is 12.2 Å². The van der Waals surface area contributed by atoms with Crippen molar-refractivity contribution in [2.24, 2.45) is 5.73 Å². The maximum absolute atomic E-state index is 9.93. The number of methoxy groups -OCH3 is 1. The largest absolute Gasteiger partial charge is 0.504 e. The number of rotatable bonds is 3. The van der Waals surface area contributed by atoms with Crippen LogP contribution in [0.4, 0.5) is 0 Å². The van der Waals surface area contributed by atoms with Gasteiger partial charge in [0.25, 0.3) is 0 Å². The number of benzene rings is 1. The lowest BCUT2D eigenvalue weighted by Gasteiger charge is -2.18. The Kier molecular flexibility index (Phi) is 2.58. The van der Waals surface area contributed by atoms with Crippen molar-refractivity contribution in [1.29, 1.82) is 0 Å². The van der Waals surface area contributed by atoms with Gasteiger partial charge < -0.3 is 15.6 Å². The van der Waals surface area contributed by atoms with Gasteiger partial charge in [-0.15, -0.1) is 0 Å². The first-order valence-corrected chi connectivity index (χ1v) is 5.68. The van der Waals surface area contributed by atoms with Gasteiger partial charge in [-0.3, -0.25) is 0 Å². The number of hydrogen-bond donors (Lipinski definition) is 2. The van der Waals surface area contributed by atoms with Crippen molar-refractivity contribution in [2.75, 3.05) is 7.11 Å². The average Bonchev–Trinajstić information content (AvgIpc) is 2.96. The first kappa shape index (κ1) is 11.3. The van der Waals surface area contributed by atoms with Crippen LogP contribution in [0, 0.1) is 0 Å². The van der Waals surface area contributed by atoms with E-state index in [0.717, 1.165) is 24.0 Å². The monoisotopic (exact) mass is 221 g/mol. The van der Waals surface area contributed by atoms with Gasteiger partial charge in [-0.05, 0) is 36.5 Å². The highest BCUT2D eigenvalue weighted by Crippen LogP contribution is 2.49. The zero-order valence-corrected chi connectivity index (χ0v) is 10.1. The zero-order chi connectivity index (χ0) is 11.9. The van der Waals surface area contributed by atoms with E-state index in [1.807, 2.05) is 0 Å². The molecule has 0 heterocycles. The van der Waals surface area contributed by atoms with Crippen LogP contribution in [0.2, 0.25) is 0 Å². The van der Waals surface area contributed by atoms with E-state index in [1.54, 1.807) is 13.2 Å². The summed E-state index contributed by atoms with van der Waals surface area (Å²) in [4.78, 5) is 0. The third kappa shape index (κ3) is 1.76. The molecule has 3 nitrogen and oxygen atoms in total. The quantitative estimate of drug-likeness (QED) is 0.824. The Morgan fingerprint density at radius 2 is 2.00 bits per heavy atom. The number of phenols is 1. The maximum atomic E-state index is 9.93. The molecular formula is C13H19NO2. The van der Waals surface area contributed by atoms with Gasteiger partial charge in [0.1, 0.15) is 0 Å². The van der Waals surface area contributed by atoms with Crippen LogP contribution in [0.15, 0.2) is 12.1 Å². The normalized spacial score (nSPS) is 17.6. The highest BCUT2D eigenvalue weighted by atomic mass is 16.5. The van der Waals surface area contributed by atoms with Crippen LogP contribution in [-0.2, 0) is 5.54 Å². The first-order chi connectivity index (χ1) is 7.48. The molecule has 16 heavy (non-hydrogen) atoms. The molecule has 0 aromatic heterocycles. The molecule has 2 rings (SSSR count). The van der Waals surface area contributed by atoms with Gasteiger partial charge >= 0.3 is 0 Å². The molecule has 0 bridgehead atoms. The molecule has 0 radical (unpaired) electrons. The highest BCUT2D eigenvalue weighted by molar-refractivity contribution is 5.53. The number of hydrogen-bond acceptors (Lipinski definition) is 3. The van der Waals surface area contributed by atoms with Crippen molar-refractivity contribution >= 4 is 0 Å². The predicted octanol–water partition coefficient (Wildman–Crippen LogP) is 2.47. The maximum Gasteiger partial charge on any atom is 0.165 e. The van der Waals surface area contributed by atoms with Crippen molar-refractivity contribution in [2.45, 2.75) is 38.1 Å². The fourth-order valence-corrected chi connectivity index (χ4v) is 1.96. The lowest BCUT2D eigenvalue weighted by atomic mass is 9.95. The minimum atomic E-state index is -0.284. The molecule has 0 unspecified atom stereocenters. The van der Waals surface area contributed by atoms with Gasteiger partial charge in [0.05, 0.1) is 7.11 Å². The summed E-state index contributed by atoms with van der Waals surface area (Å²) in [7, 11) is 1.57. The first-order valence-electron chi connectivity index (χ1n) is 5.68. The number of ether oxygens (including phenoxy) is 1. The van der Waals surface area contributed by atoms with Gasteiger partial charge in [-0.25, -0.2) is 0 Å². The third-order valence-electron chi connectivity index (χ3n) is 3.29. The molecule has 1 fully saturated rings. The molecule has 1 aromatic carbocycles. The standard InChI is InChI=1S/C13H19NO2/c1-8(2)9-6-10(13(14)4-5-13)12(16-3)11(15)7-9/h6-8,15H,4-5,14H2,1-3H3. The van der Waals surface area contributed by atoms with E-state index in [4.69, 9.17) is 10.5 Å². The van der Waals surface area contributed by atoms with Crippen LogP contribution in [0.5, 0.6) is 11.5 Å². The van der Waals surface area contributed by atoms with E-state index < -0.39 is 0 Å². The van der Waals surface area contributed by atoms with Gasteiger partial charge in [0.2, 0.25) is 0 Å². The summed E-state index contributed by atoms with van der Waals surface area (Å²) < 4.78 is 5.25. The Hall–Kier alpha value is -1.22. The summed E-state index contributed by atoms with van der Waals surface area (Å²) in [6.07, 6.45) is 1.93. The lowest BCUT2D eigenvalue weighted by molar-refractivity contribution is 0.364. The van der Waals surface area contributed by atoms with Crippen LogP contribution in [0.1, 0.15) is 43.7 Å². The Balaban J connectivity index is 2.55. The topological polar surface area (TPSA) is 55.5 Å². The third-order valence-corrected chi connectivity index (χ3v) is 3.29. The zero-order valence-electron chi connectivity index (χ0n) is 10.1. The van der Waals surface area contributed by atoms with E-state index in [9.17, 15) is 5.11 Å². The van der Waals surface area contributed by atoms with Crippen molar-refractivity contribution in [3.8, 4) is 11.5 Å². The molecule has 1 aliphatic rings. The summed E-state index contributed by atoms with van der Waals surface area (Å²) >= 11 is 0. The minimum absolute atomic E-state index is 0.195. The number of phenolic OH excluding ortho intramolecular Hbond substituents is 1. The minimum Gasteiger partial charge on any atom is -0.504 e. The van der Waals surface area contributed by atoms with Crippen molar-refractivity contribution in [3.05, 3.63) is 23.3 Å². The lowest BCUT2D eigenvalue weighted by Crippen LogP contribution is -2.20. The van der Waals surface area contributed by atoms with Gasteiger partial charge in [0.15, 0.2) is 11.5 Å². The van der Waals surface area contributed by atoms with E-state index in [1.165, 1.54) is 0 Å². The molecule has 0 amide bonds. The smallest absolute Gasteiger partial charge is 0.165 e. The SMILES string of the molecule is COc1c(O)cc(C(C)C)cc1C1(N)CC1. The molecular weight excluding hydrogens is 202 g/mol. The second-order valence-electron chi connectivity index (χ2n) is 4.93. The van der Waals surface area contributed by atoms with E-state index in [0.29, 0.717) is 11.7 Å². The molecule has 1 aromatic rings. The van der Waals surface area contributed by atoms with Crippen LogP contribution in [0.25, 0.3) is 0 Å². The Labute approximate surface area is 96.2 Å². The fraction of sp³-hybridized carbons (Fsp3) is 0.538. The fourth-order valence-electron chi connectivity index (χ4n) is 1.96. The average molecular weight is 221 g/mol. The van der Waals surface area contributed by atoms with Crippen molar-refractivity contribution in [3.63, 3.8) is 0 Å². The Morgan fingerprint density at radius 3 is 2.44 bits per heavy atom. The Bertz CT molecular complexity index is 409. The number of nitrogens with two attached hydrogens (primary N) is 1. The van der Waals surface area contributed by atoms with Crippen LogP contribution >= 0.6 is 0 Å². The summed E-state index contributed by atoms with van der Waals surface area (Å²) in [6.45, 7) is 4.20. The molecule has 88 valence electrons. The molecule has 1 saturated carbocycles. The summed E-state index contributed by atoms with van der Waals surface area (Å²) in [5.41, 5.74) is 7.95. The van der Waals surface area contributed by atoms with Gasteiger partial charge in [-0.2, -0.15) is 0 Å². The highest BCUT2D eigenvalue weighted by Gasteiger charge is 2.43. The van der Waals surface area contributed by atoms with E-state index in [-0.39, 0.29) is 11.3 Å². The Morgan fingerprint density at radius 1 is 1.38 bits per heavy atom. The summed E-state index contributed by atoms with van der Waals surface area (Å²) in [6, 6.07) is 3.83. The second kappa shape index (κ2) is 3.67. The van der Waals surface area contributed by atoms with Gasteiger partial charge in [-0.1, -0.05) is 13.8 Å². The molecule has 0 saturated heterocycles. The molecule has 1 aliphatic carbocycles.